The molecule has 1 aromatic heterocycles. The number of rotatable bonds is 4. The van der Waals surface area contributed by atoms with Gasteiger partial charge in [-0.2, -0.15) is 0 Å². The minimum absolute atomic E-state index is 0. The van der Waals surface area contributed by atoms with Crippen LogP contribution in [0.2, 0.25) is 0 Å². The van der Waals surface area contributed by atoms with E-state index in [0.29, 0.717) is 6.54 Å². The third-order valence-electron chi connectivity index (χ3n) is 2.91. The number of hydrogen-bond donors (Lipinski definition) is 1. The average Bonchev–Trinajstić information content (AvgIpc) is 2.94. The zero-order valence-electron chi connectivity index (χ0n) is 12.0. The van der Waals surface area contributed by atoms with Gasteiger partial charge in [0, 0.05) is 25.1 Å². The van der Waals surface area contributed by atoms with Crippen molar-refractivity contribution >= 4 is 45.9 Å². The molecular formula is C15H19BrIN3O. The Balaban J connectivity index is 0.00000220. The molecule has 2 aromatic rings. The fourth-order valence-electron chi connectivity index (χ4n) is 1.88. The van der Waals surface area contributed by atoms with Gasteiger partial charge in [-0.15, -0.1) is 24.0 Å². The lowest BCUT2D eigenvalue weighted by Gasteiger charge is -2.21. The molecule has 1 N–H and O–H groups in total. The first-order chi connectivity index (χ1) is 9.69. The topological polar surface area (TPSA) is 40.8 Å². The van der Waals surface area contributed by atoms with Gasteiger partial charge < -0.3 is 14.6 Å². The van der Waals surface area contributed by atoms with Crippen molar-refractivity contribution in [2.45, 2.75) is 13.1 Å². The van der Waals surface area contributed by atoms with Gasteiger partial charge in [-0.25, -0.2) is 0 Å². The molecule has 114 valence electrons. The van der Waals surface area contributed by atoms with E-state index in [-0.39, 0.29) is 24.0 Å². The summed E-state index contributed by atoms with van der Waals surface area (Å²) in [6.07, 6.45) is 1.68. The quantitative estimate of drug-likeness (QED) is 0.425. The lowest BCUT2D eigenvalue weighted by Crippen LogP contribution is -2.37. The first-order valence-electron chi connectivity index (χ1n) is 6.37. The molecule has 0 fully saturated rings. The van der Waals surface area contributed by atoms with Crippen LogP contribution >= 0.6 is 39.9 Å². The molecule has 21 heavy (non-hydrogen) atoms. The van der Waals surface area contributed by atoms with Crippen LogP contribution in [0.3, 0.4) is 0 Å². The lowest BCUT2D eigenvalue weighted by atomic mass is 10.2. The van der Waals surface area contributed by atoms with E-state index in [0.717, 1.165) is 22.7 Å². The van der Waals surface area contributed by atoms with Crippen molar-refractivity contribution in [2.75, 3.05) is 14.1 Å². The highest BCUT2D eigenvalue weighted by molar-refractivity contribution is 14.0. The Hall–Kier alpha value is -1.02. The smallest absolute Gasteiger partial charge is 0.194 e. The van der Waals surface area contributed by atoms with Gasteiger partial charge in [-0.3, -0.25) is 4.99 Å². The van der Waals surface area contributed by atoms with E-state index in [9.17, 15) is 0 Å². The summed E-state index contributed by atoms with van der Waals surface area (Å²) < 4.78 is 6.43. The molecule has 2 rings (SSSR count). The second-order valence-electron chi connectivity index (χ2n) is 4.46. The van der Waals surface area contributed by atoms with E-state index in [1.807, 2.05) is 36.2 Å². The molecule has 0 saturated heterocycles. The van der Waals surface area contributed by atoms with Crippen molar-refractivity contribution in [1.82, 2.24) is 10.2 Å². The molecular weight excluding hydrogens is 445 g/mol. The highest BCUT2D eigenvalue weighted by Crippen LogP contribution is 2.10. The normalized spacial score (nSPS) is 10.9. The van der Waals surface area contributed by atoms with Crippen molar-refractivity contribution < 1.29 is 4.42 Å². The van der Waals surface area contributed by atoms with Crippen molar-refractivity contribution in [3.05, 3.63) is 58.5 Å². The molecule has 4 nitrogen and oxygen atoms in total. The van der Waals surface area contributed by atoms with Crippen LogP contribution in [0.25, 0.3) is 0 Å². The Morgan fingerprint density at radius 1 is 1.29 bits per heavy atom. The van der Waals surface area contributed by atoms with Crippen LogP contribution < -0.4 is 5.32 Å². The summed E-state index contributed by atoms with van der Waals surface area (Å²) in [5.41, 5.74) is 1.21. The highest BCUT2D eigenvalue weighted by atomic mass is 127. The van der Waals surface area contributed by atoms with Gasteiger partial charge >= 0.3 is 0 Å². The van der Waals surface area contributed by atoms with E-state index in [2.05, 4.69) is 38.4 Å². The molecule has 0 amide bonds. The molecule has 0 spiro atoms. The molecule has 0 atom stereocenters. The van der Waals surface area contributed by atoms with E-state index in [1.54, 1.807) is 13.3 Å². The maximum absolute atomic E-state index is 5.35. The summed E-state index contributed by atoms with van der Waals surface area (Å²) >= 11 is 3.43. The molecule has 0 unspecified atom stereocenters. The van der Waals surface area contributed by atoms with Gasteiger partial charge in [-0.05, 0) is 29.8 Å². The average molecular weight is 464 g/mol. The molecule has 1 aromatic carbocycles. The number of guanidine groups is 1. The molecule has 0 aliphatic heterocycles. The Bertz CT molecular complexity index is 555. The summed E-state index contributed by atoms with van der Waals surface area (Å²) in [7, 11) is 3.77. The molecule has 0 bridgehead atoms. The Kier molecular flexibility index (Phi) is 7.81. The van der Waals surface area contributed by atoms with Gasteiger partial charge in [0.2, 0.25) is 0 Å². The number of aliphatic imine (C=N–C) groups is 1. The van der Waals surface area contributed by atoms with Crippen LogP contribution in [-0.4, -0.2) is 25.0 Å². The van der Waals surface area contributed by atoms with Crippen LogP contribution in [0.5, 0.6) is 0 Å². The highest BCUT2D eigenvalue weighted by Gasteiger charge is 2.07. The zero-order chi connectivity index (χ0) is 14.4. The van der Waals surface area contributed by atoms with Gasteiger partial charge in [0.25, 0.3) is 0 Å². The van der Waals surface area contributed by atoms with Gasteiger partial charge in [-0.1, -0.05) is 28.1 Å². The van der Waals surface area contributed by atoms with Gasteiger partial charge in [0.15, 0.2) is 5.96 Å². The van der Waals surface area contributed by atoms with Crippen molar-refractivity contribution in [3.63, 3.8) is 0 Å². The van der Waals surface area contributed by atoms with Crippen LogP contribution in [0.4, 0.5) is 0 Å². The summed E-state index contributed by atoms with van der Waals surface area (Å²) in [6, 6.07) is 12.1. The fourth-order valence-corrected chi connectivity index (χ4v) is 2.14. The molecule has 0 saturated carbocycles. The van der Waals surface area contributed by atoms with Gasteiger partial charge in [0.05, 0.1) is 12.8 Å². The number of nitrogens with zero attached hydrogens (tertiary/aromatic N) is 2. The predicted molar refractivity (Wildman–Crippen MR) is 99.9 cm³/mol. The van der Waals surface area contributed by atoms with Crippen LogP contribution in [0.15, 0.2) is 56.5 Å². The third kappa shape index (κ3) is 5.70. The Morgan fingerprint density at radius 2 is 2.00 bits per heavy atom. The maximum Gasteiger partial charge on any atom is 0.194 e. The molecule has 1 heterocycles. The van der Waals surface area contributed by atoms with E-state index >= 15 is 0 Å². The van der Waals surface area contributed by atoms with Crippen LogP contribution in [-0.2, 0) is 13.1 Å². The van der Waals surface area contributed by atoms with Gasteiger partial charge in [0.1, 0.15) is 5.76 Å². The van der Waals surface area contributed by atoms with Crippen molar-refractivity contribution in [2.24, 2.45) is 4.99 Å². The second-order valence-corrected chi connectivity index (χ2v) is 5.38. The summed E-state index contributed by atoms with van der Waals surface area (Å²) in [5, 5.41) is 3.34. The predicted octanol–water partition coefficient (Wildman–Crippen LogP) is 3.87. The minimum atomic E-state index is 0. The second kappa shape index (κ2) is 9.09. The monoisotopic (exact) mass is 463 g/mol. The Labute approximate surface area is 150 Å². The number of benzene rings is 1. The summed E-state index contributed by atoms with van der Waals surface area (Å²) in [6.45, 7) is 1.43. The van der Waals surface area contributed by atoms with E-state index < -0.39 is 0 Å². The molecule has 0 radical (unpaired) electrons. The first kappa shape index (κ1) is 18.0. The Morgan fingerprint density at radius 3 is 2.57 bits per heavy atom. The fraction of sp³-hybridized carbons (Fsp3) is 0.267. The largest absolute Gasteiger partial charge is 0.467 e. The summed E-state index contributed by atoms with van der Waals surface area (Å²) in [4.78, 5) is 6.31. The molecule has 0 aliphatic rings. The van der Waals surface area contributed by atoms with Crippen LogP contribution in [0.1, 0.15) is 11.3 Å². The van der Waals surface area contributed by atoms with E-state index in [1.165, 1.54) is 5.56 Å². The number of nitrogens with one attached hydrogen (secondary N) is 1. The third-order valence-corrected chi connectivity index (χ3v) is 3.44. The van der Waals surface area contributed by atoms with Crippen molar-refractivity contribution in [3.8, 4) is 0 Å². The molecule has 6 heteroatoms. The minimum Gasteiger partial charge on any atom is -0.467 e. The summed E-state index contributed by atoms with van der Waals surface area (Å²) in [5.74, 6) is 1.75. The maximum atomic E-state index is 5.35. The first-order valence-corrected chi connectivity index (χ1v) is 7.17. The standard InChI is InChI=1S/C15H18BrN3O.HI/c1-17-15(19(2)11-14-4-3-9-20-14)18-10-12-5-7-13(16)8-6-12;/h3-9H,10-11H2,1-2H3,(H,17,18);1H. The zero-order valence-corrected chi connectivity index (χ0v) is 16.0. The number of hydrogen-bond acceptors (Lipinski definition) is 2. The van der Waals surface area contributed by atoms with Crippen molar-refractivity contribution in [1.29, 1.82) is 0 Å². The van der Waals surface area contributed by atoms with E-state index in [4.69, 9.17) is 4.42 Å². The lowest BCUT2D eigenvalue weighted by molar-refractivity contribution is 0.400. The van der Waals surface area contributed by atoms with Crippen LogP contribution in [0, 0.1) is 0 Å². The number of furan rings is 1. The molecule has 0 aliphatic carbocycles. The number of halogens is 2. The SMILES string of the molecule is CN=C(NCc1ccc(Br)cc1)N(C)Cc1ccco1.I.